The van der Waals surface area contributed by atoms with E-state index >= 15 is 0 Å². The summed E-state index contributed by atoms with van der Waals surface area (Å²) in [7, 11) is 1.54. The van der Waals surface area contributed by atoms with Crippen molar-refractivity contribution in [2.75, 3.05) is 13.7 Å². The van der Waals surface area contributed by atoms with Crippen LogP contribution in [-0.4, -0.2) is 35.8 Å². The van der Waals surface area contributed by atoms with Gasteiger partial charge in [-0.25, -0.2) is 0 Å². The normalized spacial score (nSPS) is 13.7. The summed E-state index contributed by atoms with van der Waals surface area (Å²) in [4.78, 5) is 14.7. The molecular weight excluding hydrogens is 352 g/mol. The lowest BCUT2D eigenvalue weighted by Gasteiger charge is -2.20. The van der Waals surface area contributed by atoms with Crippen LogP contribution in [0.3, 0.4) is 0 Å². The van der Waals surface area contributed by atoms with Crippen LogP contribution in [0.25, 0.3) is 10.9 Å². The minimum Gasteiger partial charge on any atom is -0.480 e. The highest BCUT2D eigenvalue weighted by Gasteiger charge is 2.28. The summed E-state index contributed by atoms with van der Waals surface area (Å²) < 4.78 is 5.25. The zero-order valence-corrected chi connectivity index (χ0v) is 15.2. The molecule has 136 valence electrons. The second kappa shape index (κ2) is 7.91. The Labute approximate surface area is 156 Å². The van der Waals surface area contributed by atoms with Gasteiger partial charge in [0.1, 0.15) is 6.04 Å². The lowest BCUT2D eigenvalue weighted by molar-refractivity contribution is -0.139. The number of H-pyrrole nitrogens is 1. The predicted octanol–water partition coefficient (Wildman–Crippen LogP) is 3.55. The molecule has 0 saturated heterocycles. The van der Waals surface area contributed by atoms with Gasteiger partial charge in [0.15, 0.2) is 0 Å². The smallest absolute Gasteiger partial charge is 0.321 e. The molecule has 0 aliphatic rings. The Morgan fingerprint density at radius 1 is 1.23 bits per heavy atom. The lowest BCUT2D eigenvalue weighted by atomic mass is 9.89. The van der Waals surface area contributed by atoms with Crippen molar-refractivity contribution >= 4 is 28.5 Å². The number of rotatable bonds is 7. The maximum Gasteiger partial charge on any atom is 0.321 e. The molecule has 5 nitrogen and oxygen atoms in total. The van der Waals surface area contributed by atoms with E-state index < -0.39 is 17.9 Å². The zero-order chi connectivity index (χ0) is 18.7. The lowest BCUT2D eigenvalue weighted by Crippen LogP contribution is -2.38. The number of hydrogen-bond donors (Lipinski definition) is 3. The quantitative estimate of drug-likeness (QED) is 0.591. The number of fused-ring (bicyclic) bond motifs is 1. The average molecular weight is 373 g/mol. The first-order chi connectivity index (χ1) is 12.5. The van der Waals surface area contributed by atoms with E-state index in [0.29, 0.717) is 11.4 Å². The van der Waals surface area contributed by atoms with Gasteiger partial charge in [0, 0.05) is 35.2 Å². The molecule has 3 rings (SSSR count). The number of nitrogens with one attached hydrogen (secondary N) is 1. The highest BCUT2D eigenvalue weighted by atomic mass is 35.5. The van der Waals surface area contributed by atoms with Crippen molar-refractivity contribution in [3.8, 4) is 0 Å². The van der Waals surface area contributed by atoms with Crippen molar-refractivity contribution in [3.63, 3.8) is 0 Å². The summed E-state index contributed by atoms with van der Waals surface area (Å²) in [6.45, 7) is 0.223. The van der Waals surface area contributed by atoms with E-state index in [1.54, 1.807) is 7.11 Å². The highest BCUT2D eigenvalue weighted by Crippen LogP contribution is 2.32. The first kappa shape index (κ1) is 18.5. The second-order valence-corrected chi connectivity index (χ2v) is 6.68. The maximum atomic E-state index is 11.5. The van der Waals surface area contributed by atoms with Crippen LogP contribution < -0.4 is 5.73 Å². The number of aliphatic carboxylic acids is 1. The molecule has 3 aromatic rings. The van der Waals surface area contributed by atoms with Crippen LogP contribution >= 0.6 is 11.6 Å². The number of hydrogen-bond acceptors (Lipinski definition) is 3. The standard InChI is InChI=1S/C20H21ClN2O3/c1-26-11-15(19(22)20(24)25)14-10-23-17-8-4-6-13(18(14)17)9-12-5-2-3-7-16(12)21/h2-8,10,15,19,23H,9,11,22H2,1H3,(H,24,25). The van der Waals surface area contributed by atoms with Crippen molar-refractivity contribution < 1.29 is 14.6 Å². The molecule has 0 saturated carbocycles. The molecule has 0 radical (unpaired) electrons. The number of aromatic amines is 1. The topological polar surface area (TPSA) is 88.3 Å². The Kier molecular flexibility index (Phi) is 5.61. The maximum absolute atomic E-state index is 11.5. The molecule has 0 amide bonds. The summed E-state index contributed by atoms with van der Waals surface area (Å²) >= 11 is 6.32. The molecule has 0 aliphatic carbocycles. The summed E-state index contributed by atoms with van der Waals surface area (Å²) in [6.07, 6.45) is 2.47. The molecule has 2 aromatic carbocycles. The van der Waals surface area contributed by atoms with E-state index in [1.807, 2.05) is 48.7 Å². The molecule has 26 heavy (non-hydrogen) atoms. The van der Waals surface area contributed by atoms with Crippen LogP contribution in [-0.2, 0) is 16.0 Å². The molecule has 0 bridgehead atoms. The predicted molar refractivity (Wildman–Crippen MR) is 103 cm³/mol. The van der Waals surface area contributed by atoms with E-state index in [4.69, 9.17) is 22.1 Å². The van der Waals surface area contributed by atoms with Crippen molar-refractivity contribution in [3.05, 3.63) is 70.4 Å². The molecule has 0 aliphatic heterocycles. The minimum atomic E-state index is -1.05. The van der Waals surface area contributed by atoms with E-state index in [1.165, 1.54) is 0 Å². The third kappa shape index (κ3) is 3.60. The van der Waals surface area contributed by atoms with E-state index in [0.717, 1.165) is 27.6 Å². The monoisotopic (exact) mass is 372 g/mol. The number of benzene rings is 2. The fourth-order valence-electron chi connectivity index (χ4n) is 3.31. The summed E-state index contributed by atoms with van der Waals surface area (Å²) in [5.74, 6) is -1.51. The van der Waals surface area contributed by atoms with Gasteiger partial charge in [-0.1, -0.05) is 41.9 Å². The van der Waals surface area contributed by atoms with Crippen LogP contribution in [0, 0.1) is 0 Å². The van der Waals surface area contributed by atoms with Crippen LogP contribution in [0.15, 0.2) is 48.7 Å². The molecule has 6 heteroatoms. The minimum absolute atomic E-state index is 0.223. The molecule has 1 aromatic heterocycles. The summed E-state index contributed by atoms with van der Waals surface area (Å²) in [5, 5.41) is 11.1. The number of halogens is 1. The number of carbonyl (C=O) groups is 1. The van der Waals surface area contributed by atoms with Gasteiger partial charge >= 0.3 is 5.97 Å². The third-order valence-electron chi connectivity index (χ3n) is 4.63. The van der Waals surface area contributed by atoms with Crippen LogP contribution in [0.5, 0.6) is 0 Å². The molecule has 2 unspecified atom stereocenters. The van der Waals surface area contributed by atoms with Gasteiger partial charge in [0.2, 0.25) is 0 Å². The SMILES string of the molecule is COCC(c1c[nH]c2cccc(Cc3ccccc3Cl)c12)C(N)C(=O)O. The Hall–Kier alpha value is -2.34. The number of carboxylic acid groups (broad SMARTS) is 1. The van der Waals surface area contributed by atoms with Crippen molar-refractivity contribution in [1.82, 2.24) is 4.98 Å². The third-order valence-corrected chi connectivity index (χ3v) is 4.99. The molecule has 2 atom stereocenters. The van der Waals surface area contributed by atoms with Gasteiger partial charge in [0.05, 0.1) is 6.61 Å². The van der Waals surface area contributed by atoms with E-state index in [2.05, 4.69) is 4.98 Å². The van der Waals surface area contributed by atoms with Crippen LogP contribution in [0.2, 0.25) is 5.02 Å². The van der Waals surface area contributed by atoms with Gasteiger partial charge in [-0.05, 0) is 35.2 Å². The number of methoxy groups -OCH3 is 1. The van der Waals surface area contributed by atoms with Gasteiger partial charge < -0.3 is 20.6 Å². The molecular formula is C20H21ClN2O3. The Balaban J connectivity index is 2.10. The first-order valence-corrected chi connectivity index (χ1v) is 8.70. The van der Waals surface area contributed by atoms with Gasteiger partial charge in [-0.3, -0.25) is 4.79 Å². The first-order valence-electron chi connectivity index (χ1n) is 8.32. The van der Waals surface area contributed by atoms with Crippen LogP contribution in [0.1, 0.15) is 22.6 Å². The number of ether oxygens (including phenoxy) is 1. The fraction of sp³-hybridized carbons (Fsp3) is 0.250. The molecule has 4 N–H and O–H groups in total. The van der Waals surface area contributed by atoms with Gasteiger partial charge in [0.25, 0.3) is 0 Å². The molecule has 0 fully saturated rings. The Bertz CT molecular complexity index is 922. The van der Waals surface area contributed by atoms with Crippen LogP contribution in [0.4, 0.5) is 0 Å². The van der Waals surface area contributed by atoms with Crippen molar-refractivity contribution in [1.29, 1.82) is 0 Å². The molecule has 1 heterocycles. The molecule has 0 spiro atoms. The number of nitrogens with two attached hydrogens (primary N) is 1. The largest absolute Gasteiger partial charge is 0.480 e. The Morgan fingerprint density at radius 3 is 2.65 bits per heavy atom. The fourth-order valence-corrected chi connectivity index (χ4v) is 3.52. The number of aromatic nitrogens is 1. The highest BCUT2D eigenvalue weighted by molar-refractivity contribution is 6.31. The summed E-state index contributed by atoms with van der Waals surface area (Å²) in [6, 6.07) is 12.6. The summed E-state index contributed by atoms with van der Waals surface area (Å²) in [5.41, 5.74) is 9.80. The Morgan fingerprint density at radius 2 is 1.96 bits per heavy atom. The van der Waals surface area contributed by atoms with E-state index in [-0.39, 0.29) is 6.61 Å². The van der Waals surface area contributed by atoms with E-state index in [9.17, 15) is 9.90 Å². The van der Waals surface area contributed by atoms with Crippen molar-refractivity contribution in [2.24, 2.45) is 5.73 Å². The van der Waals surface area contributed by atoms with Crippen molar-refractivity contribution in [2.45, 2.75) is 18.4 Å². The zero-order valence-electron chi connectivity index (χ0n) is 14.4. The van der Waals surface area contributed by atoms with Gasteiger partial charge in [-0.15, -0.1) is 0 Å². The second-order valence-electron chi connectivity index (χ2n) is 6.28. The average Bonchev–Trinajstić information content (AvgIpc) is 3.06. The number of carboxylic acids is 1. The van der Waals surface area contributed by atoms with Gasteiger partial charge in [-0.2, -0.15) is 0 Å².